The number of aryl methyl sites for hydroxylation is 1. The van der Waals surface area contributed by atoms with Crippen molar-refractivity contribution < 1.29 is 14.3 Å². The molecule has 102 valence electrons. The molecule has 0 N–H and O–H groups in total. The molecule has 0 saturated heterocycles. The van der Waals surface area contributed by atoms with Gasteiger partial charge >= 0.3 is 0 Å². The number of rotatable bonds is 3. The molecule has 0 fully saturated rings. The maximum atomic E-state index is 11.0. The minimum Gasteiger partial charge on any atom is -0.382 e. The van der Waals surface area contributed by atoms with Crippen LogP contribution in [0.15, 0.2) is 33.9 Å². The monoisotopic (exact) mass is 274 g/mol. The average Bonchev–Trinajstić information content (AvgIpc) is 3.07. The summed E-state index contributed by atoms with van der Waals surface area (Å²) < 4.78 is 5.02. The van der Waals surface area contributed by atoms with Crippen LogP contribution in [-0.2, 0) is 4.84 Å². The molecule has 0 spiro atoms. The van der Waals surface area contributed by atoms with Gasteiger partial charge in [-0.1, -0.05) is 22.4 Å². The van der Waals surface area contributed by atoms with Gasteiger partial charge in [-0.25, -0.2) is 0 Å². The molecule has 0 amide bonds. The van der Waals surface area contributed by atoms with E-state index in [9.17, 15) is 10.1 Å². The Morgan fingerprint density at radius 3 is 2.90 bits per heavy atom. The van der Waals surface area contributed by atoms with Gasteiger partial charge in [0.2, 0.25) is 6.10 Å². The number of benzene rings is 1. The van der Waals surface area contributed by atoms with E-state index in [1.165, 1.54) is 6.07 Å². The highest BCUT2D eigenvalue weighted by Crippen LogP contribution is 2.31. The Bertz CT molecular complexity index is 694. The van der Waals surface area contributed by atoms with Crippen LogP contribution < -0.4 is 0 Å². The molecule has 1 unspecified atom stereocenters. The van der Waals surface area contributed by atoms with Crippen molar-refractivity contribution in [3.8, 4) is 0 Å². The lowest BCUT2D eigenvalue weighted by molar-refractivity contribution is -0.385. The van der Waals surface area contributed by atoms with Crippen molar-refractivity contribution in [2.24, 2.45) is 5.16 Å². The number of para-hydroxylation sites is 1. The molecule has 2 heterocycles. The molecule has 8 nitrogen and oxygen atoms in total. The van der Waals surface area contributed by atoms with Crippen LogP contribution in [0.3, 0.4) is 0 Å². The molecule has 1 aliphatic heterocycles. The van der Waals surface area contributed by atoms with Gasteiger partial charge in [0.1, 0.15) is 0 Å². The normalized spacial score (nSPS) is 17.6. The number of oxime groups is 1. The number of aromatic nitrogens is 2. The van der Waals surface area contributed by atoms with Crippen LogP contribution >= 0.6 is 0 Å². The fraction of sp³-hybridized carbons (Fsp3) is 0.250. The maximum Gasteiger partial charge on any atom is 0.278 e. The number of nitro groups is 1. The second kappa shape index (κ2) is 4.72. The summed E-state index contributed by atoms with van der Waals surface area (Å²) in [5, 5.41) is 18.6. The first-order valence-corrected chi connectivity index (χ1v) is 5.92. The van der Waals surface area contributed by atoms with E-state index in [-0.39, 0.29) is 5.69 Å². The van der Waals surface area contributed by atoms with E-state index in [1.54, 1.807) is 25.1 Å². The summed E-state index contributed by atoms with van der Waals surface area (Å²) in [4.78, 5) is 19.9. The van der Waals surface area contributed by atoms with E-state index in [0.717, 1.165) is 0 Å². The maximum absolute atomic E-state index is 11.0. The Labute approximate surface area is 113 Å². The largest absolute Gasteiger partial charge is 0.382 e. The zero-order valence-electron chi connectivity index (χ0n) is 10.5. The van der Waals surface area contributed by atoms with E-state index < -0.39 is 11.0 Å². The summed E-state index contributed by atoms with van der Waals surface area (Å²) in [5.74, 6) is 0.822. The molecular formula is C12H10N4O4. The first-order valence-electron chi connectivity index (χ1n) is 5.92. The Morgan fingerprint density at radius 2 is 2.20 bits per heavy atom. The Hall–Kier alpha value is -2.77. The fourth-order valence-electron chi connectivity index (χ4n) is 1.99. The third kappa shape index (κ3) is 2.11. The first kappa shape index (κ1) is 12.3. The van der Waals surface area contributed by atoms with Gasteiger partial charge in [0.25, 0.3) is 11.6 Å². The van der Waals surface area contributed by atoms with Crippen molar-refractivity contribution in [1.82, 2.24) is 10.1 Å². The molecule has 8 heteroatoms. The molecule has 0 bridgehead atoms. The quantitative estimate of drug-likeness (QED) is 0.627. The first-order chi connectivity index (χ1) is 9.65. The molecule has 0 saturated carbocycles. The summed E-state index contributed by atoms with van der Waals surface area (Å²) in [6, 6.07) is 6.40. The molecule has 3 rings (SSSR count). The van der Waals surface area contributed by atoms with Gasteiger partial charge in [0, 0.05) is 12.5 Å². The van der Waals surface area contributed by atoms with Crippen molar-refractivity contribution in [3.05, 3.63) is 51.7 Å². The van der Waals surface area contributed by atoms with E-state index in [0.29, 0.717) is 29.4 Å². The van der Waals surface area contributed by atoms with Gasteiger partial charge in [-0.05, 0) is 13.0 Å². The molecule has 20 heavy (non-hydrogen) atoms. The minimum atomic E-state index is -0.494. The molecule has 1 aromatic carbocycles. The van der Waals surface area contributed by atoms with Gasteiger partial charge in [0.15, 0.2) is 5.82 Å². The Kier molecular flexibility index (Phi) is 2.90. The van der Waals surface area contributed by atoms with Gasteiger partial charge in [-0.2, -0.15) is 4.98 Å². The smallest absolute Gasteiger partial charge is 0.278 e. The number of hydrogen-bond donors (Lipinski definition) is 0. The summed E-state index contributed by atoms with van der Waals surface area (Å²) in [6.07, 6.45) is -0.141. The SMILES string of the molecule is Cc1noc(C2CC(c3ccccc3[N+](=O)[O-])=NO2)n1. The molecular weight excluding hydrogens is 264 g/mol. The van der Waals surface area contributed by atoms with Crippen molar-refractivity contribution in [3.63, 3.8) is 0 Å². The van der Waals surface area contributed by atoms with Gasteiger partial charge in [0.05, 0.1) is 16.2 Å². The molecule has 0 radical (unpaired) electrons. The highest BCUT2D eigenvalue weighted by molar-refractivity contribution is 6.04. The van der Waals surface area contributed by atoms with Gasteiger partial charge in [-0.15, -0.1) is 0 Å². The van der Waals surface area contributed by atoms with Crippen LogP contribution in [0.4, 0.5) is 5.69 Å². The molecule has 1 aromatic heterocycles. The topological polar surface area (TPSA) is 104 Å². The zero-order chi connectivity index (χ0) is 14.1. The van der Waals surface area contributed by atoms with Crippen LogP contribution in [0.1, 0.15) is 29.8 Å². The standard InChI is InChI=1S/C12H10N4O4/c1-7-13-12(20-14-7)11-6-9(15-19-11)8-4-2-3-5-10(8)16(17)18/h2-5,11H,6H2,1H3. The van der Waals surface area contributed by atoms with Crippen molar-refractivity contribution in [2.75, 3.05) is 0 Å². The third-order valence-electron chi connectivity index (χ3n) is 2.90. The second-order valence-corrected chi connectivity index (χ2v) is 4.29. The minimum absolute atomic E-state index is 0.00258. The third-order valence-corrected chi connectivity index (χ3v) is 2.90. The highest BCUT2D eigenvalue weighted by atomic mass is 16.7. The number of hydrogen-bond acceptors (Lipinski definition) is 7. The van der Waals surface area contributed by atoms with Crippen LogP contribution in [-0.4, -0.2) is 20.8 Å². The molecule has 1 atom stereocenters. The summed E-state index contributed by atoms with van der Waals surface area (Å²) >= 11 is 0. The number of nitro benzene ring substituents is 1. The summed E-state index contributed by atoms with van der Waals surface area (Å²) in [7, 11) is 0. The lowest BCUT2D eigenvalue weighted by Gasteiger charge is -2.01. The van der Waals surface area contributed by atoms with E-state index in [1.807, 2.05) is 0 Å². The molecule has 2 aromatic rings. The van der Waals surface area contributed by atoms with E-state index in [4.69, 9.17) is 9.36 Å². The predicted octanol–water partition coefficient (Wildman–Crippen LogP) is 2.15. The lowest BCUT2D eigenvalue weighted by atomic mass is 10.0. The van der Waals surface area contributed by atoms with Gasteiger partial charge < -0.3 is 9.36 Å². The van der Waals surface area contributed by atoms with Crippen LogP contribution in [0.2, 0.25) is 0 Å². The van der Waals surface area contributed by atoms with Crippen LogP contribution in [0.25, 0.3) is 0 Å². The lowest BCUT2D eigenvalue weighted by Crippen LogP contribution is -2.05. The Balaban J connectivity index is 1.86. The zero-order valence-corrected chi connectivity index (χ0v) is 10.5. The van der Waals surface area contributed by atoms with Crippen molar-refractivity contribution in [1.29, 1.82) is 0 Å². The molecule has 0 aliphatic carbocycles. The average molecular weight is 274 g/mol. The molecule has 1 aliphatic rings. The van der Waals surface area contributed by atoms with Crippen molar-refractivity contribution in [2.45, 2.75) is 19.4 Å². The van der Waals surface area contributed by atoms with Crippen molar-refractivity contribution >= 4 is 11.4 Å². The van der Waals surface area contributed by atoms with E-state index >= 15 is 0 Å². The van der Waals surface area contributed by atoms with E-state index in [2.05, 4.69) is 15.3 Å². The second-order valence-electron chi connectivity index (χ2n) is 4.29. The highest BCUT2D eigenvalue weighted by Gasteiger charge is 2.31. The van der Waals surface area contributed by atoms with Gasteiger partial charge in [-0.3, -0.25) is 10.1 Å². The van der Waals surface area contributed by atoms with Crippen LogP contribution in [0, 0.1) is 17.0 Å². The fourth-order valence-corrected chi connectivity index (χ4v) is 1.99. The summed E-state index contributed by atoms with van der Waals surface area (Å²) in [6.45, 7) is 1.70. The summed E-state index contributed by atoms with van der Waals surface area (Å²) in [5.41, 5.74) is 0.937. The predicted molar refractivity (Wildman–Crippen MR) is 67.1 cm³/mol. The van der Waals surface area contributed by atoms with Crippen LogP contribution in [0.5, 0.6) is 0 Å². The Morgan fingerprint density at radius 1 is 1.40 bits per heavy atom. The number of nitrogens with zero attached hydrogens (tertiary/aromatic N) is 4.